The normalized spacial score (nSPS) is 22.1. The highest BCUT2D eigenvalue weighted by Gasteiger charge is 2.30. The summed E-state index contributed by atoms with van der Waals surface area (Å²) in [5, 5.41) is 4.21. The zero-order valence-electron chi connectivity index (χ0n) is 17.6. The molecule has 7 heteroatoms. The van der Waals surface area contributed by atoms with E-state index in [1.54, 1.807) is 0 Å². The van der Waals surface area contributed by atoms with Crippen LogP contribution in [0.15, 0.2) is 60.8 Å². The lowest BCUT2D eigenvalue weighted by Crippen LogP contribution is -2.39. The summed E-state index contributed by atoms with van der Waals surface area (Å²) in [5.74, 6) is -0.0166. The summed E-state index contributed by atoms with van der Waals surface area (Å²) in [7, 11) is 0. The lowest BCUT2D eigenvalue weighted by molar-refractivity contribution is -0.117. The van der Waals surface area contributed by atoms with Crippen molar-refractivity contribution in [2.45, 2.75) is 25.0 Å². The van der Waals surface area contributed by atoms with Crippen LogP contribution in [0.1, 0.15) is 18.0 Å². The Morgan fingerprint density at radius 3 is 2.71 bits per heavy atom. The molecule has 2 aromatic carbocycles. The third-order valence-electron chi connectivity index (χ3n) is 6.22. The van der Waals surface area contributed by atoms with Crippen molar-refractivity contribution in [3.63, 3.8) is 0 Å². The number of carbonyl (C=O) groups is 1. The average Bonchev–Trinajstić information content (AvgIpc) is 3.46. The van der Waals surface area contributed by atoms with E-state index < -0.39 is 0 Å². The maximum absolute atomic E-state index is 12.8. The molecular weight excluding hydrogens is 390 g/mol. The fraction of sp³-hybridized carbons (Fsp3) is 0.375. The van der Waals surface area contributed by atoms with Crippen molar-refractivity contribution < 1.29 is 9.53 Å². The summed E-state index contributed by atoms with van der Waals surface area (Å²) in [6.45, 7) is 5.64. The standard InChI is InChI=1S/C24H29N5O2/c30-24(22-17-21(26-27-22)18-4-2-1-3-5-18)25-20-6-7-23-19(16-20)8-9-29(23)11-10-28-12-14-31-15-13-28/h1-9,16,21-22,26-27H,10-15,17H2,(H,25,30). The van der Waals surface area contributed by atoms with Crippen LogP contribution in [-0.4, -0.2) is 54.3 Å². The Morgan fingerprint density at radius 2 is 1.87 bits per heavy atom. The highest BCUT2D eigenvalue weighted by atomic mass is 16.5. The number of hydrogen-bond donors (Lipinski definition) is 3. The molecule has 5 rings (SSSR count). The number of amides is 1. The van der Waals surface area contributed by atoms with Gasteiger partial charge in [-0.1, -0.05) is 30.3 Å². The van der Waals surface area contributed by atoms with E-state index in [0.717, 1.165) is 56.9 Å². The van der Waals surface area contributed by atoms with Crippen LogP contribution in [0.2, 0.25) is 0 Å². The minimum Gasteiger partial charge on any atom is -0.379 e. The van der Waals surface area contributed by atoms with E-state index in [1.807, 2.05) is 24.3 Å². The van der Waals surface area contributed by atoms with Gasteiger partial charge in [0.25, 0.3) is 0 Å². The first-order valence-electron chi connectivity index (χ1n) is 11.0. The number of benzene rings is 2. The quantitative estimate of drug-likeness (QED) is 0.573. The van der Waals surface area contributed by atoms with Crippen LogP contribution < -0.4 is 16.2 Å². The second-order valence-electron chi connectivity index (χ2n) is 8.27. The molecule has 0 saturated carbocycles. The van der Waals surface area contributed by atoms with Crippen LogP contribution in [0.25, 0.3) is 10.9 Å². The number of anilines is 1. The van der Waals surface area contributed by atoms with Crippen molar-refractivity contribution in [3.8, 4) is 0 Å². The zero-order valence-corrected chi connectivity index (χ0v) is 17.6. The van der Waals surface area contributed by atoms with Gasteiger partial charge in [0.1, 0.15) is 6.04 Å². The van der Waals surface area contributed by atoms with E-state index in [-0.39, 0.29) is 18.0 Å². The minimum absolute atomic E-state index is 0.0166. The van der Waals surface area contributed by atoms with Crippen LogP contribution in [0.5, 0.6) is 0 Å². The molecule has 2 atom stereocenters. The highest BCUT2D eigenvalue weighted by Crippen LogP contribution is 2.24. The van der Waals surface area contributed by atoms with Crippen LogP contribution in [-0.2, 0) is 16.1 Å². The Balaban J connectivity index is 1.19. The molecule has 2 aliphatic heterocycles. The lowest BCUT2D eigenvalue weighted by atomic mass is 10.0. The van der Waals surface area contributed by atoms with Gasteiger partial charge in [-0.2, -0.15) is 0 Å². The fourth-order valence-corrected chi connectivity index (χ4v) is 4.41. The number of morpholine rings is 1. The summed E-state index contributed by atoms with van der Waals surface area (Å²) < 4.78 is 7.71. The van der Waals surface area contributed by atoms with E-state index in [9.17, 15) is 4.79 Å². The first-order valence-corrected chi connectivity index (χ1v) is 11.0. The predicted octanol–water partition coefficient (Wildman–Crippen LogP) is 2.52. The number of nitrogens with one attached hydrogen (secondary N) is 3. The lowest BCUT2D eigenvalue weighted by Gasteiger charge is -2.26. The van der Waals surface area contributed by atoms with Gasteiger partial charge >= 0.3 is 0 Å². The van der Waals surface area contributed by atoms with E-state index in [0.29, 0.717) is 0 Å². The predicted molar refractivity (Wildman–Crippen MR) is 122 cm³/mol. The smallest absolute Gasteiger partial charge is 0.242 e. The summed E-state index contributed by atoms with van der Waals surface area (Å²) in [4.78, 5) is 15.2. The monoisotopic (exact) mass is 419 g/mol. The second-order valence-corrected chi connectivity index (χ2v) is 8.27. The Hall–Kier alpha value is -2.71. The van der Waals surface area contributed by atoms with Crippen LogP contribution >= 0.6 is 0 Å². The third-order valence-corrected chi connectivity index (χ3v) is 6.22. The Kier molecular flexibility index (Phi) is 5.99. The number of fused-ring (bicyclic) bond motifs is 1. The molecule has 162 valence electrons. The largest absolute Gasteiger partial charge is 0.379 e. The fourth-order valence-electron chi connectivity index (χ4n) is 4.41. The van der Waals surface area contributed by atoms with E-state index in [4.69, 9.17) is 4.74 Å². The average molecular weight is 420 g/mol. The Morgan fingerprint density at radius 1 is 1.03 bits per heavy atom. The Labute approximate surface area is 182 Å². The molecule has 2 unspecified atom stereocenters. The van der Waals surface area contributed by atoms with Gasteiger partial charge in [-0.05, 0) is 36.2 Å². The van der Waals surface area contributed by atoms with E-state index >= 15 is 0 Å². The van der Waals surface area contributed by atoms with Crippen molar-refractivity contribution in [1.29, 1.82) is 0 Å². The second kappa shape index (κ2) is 9.20. The molecule has 7 nitrogen and oxygen atoms in total. The van der Waals surface area contributed by atoms with Crippen molar-refractivity contribution in [2.75, 3.05) is 38.2 Å². The summed E-state index contributed by atoms with van der Waals surface area (Å²) in [5.41, 5.74) is 9.58. The summed E-state index contributed by atoms with van der Waals surface area (Å²) in [6, 6.07) is 18.3. The maximum atomic E-state index is 12.8. The molecule has 1 aromatic heterocycles. The Bertz CT molecular complexity index is 1030. The number of hydrogen-bond acceptors (Lipinski definition) is 5. The van der Waals surface area contributed by atoms with Gasteiger partial charge in [-0.25, -0.2) is 10.9 Å². The zero-order chi connectivity index (χ0) is 21.0. The summed E-state index contributed by atoms with van der Waals surface area (Å²) >= 11 is 0. The number of aromatic nitrogens is 1. The molecule has 0 aliphatic carbocycles. The molecule has 0 bridgehead atoms. The van der Waals surface area contributed by atoms with Gasteiger partial charge in [0.05, 0.1) is 13.2 Å². The number of hydrazine groups is 1. The number of carbonyl (C=O) groups excluding carboxylic acids is 1. The van der Waals surface area contributed by atoms with E-state index in [2.05, 4.69) is 62.2 Å². The topological polar surface area (TPSA) is 70.6 Å². The molecule has 2 saturated heterocycles. The number of ether oxygens (including phenoxy) is 1. The van der Waals surface area contributed by atoms with E-state index in [1.165, 1.54) is 11.1 Å². The molecule has 31 heavy (non-hydrogen) atoms. The number of nitrogens with zero attached hydrogens (tertiary/aromatic N) is 2. The molecule has 3 heterocycles. The van der Waals surface area contributed by atoms with Gasteiger partial charge in [0.2, 0.25) is 5.91 Å². The van der Waals surface area contributed by atoms with Gasteiger partial charge < -0.3 is 14.6 Å². The van der Waals surface area contributed by atoms with Crippen LogP contribution in [0.3, 0.4) is 0 Å². The molecule has 0 spiro atoms. The molecule has 3 N–H and O–H groups in total. The highest BCUT2D eigenvalue weighted by molar-refractivity contribution is 5.97. The molecule has 2 aliphatic rings. The number of rotatable bonds is 6. The van der Waals surface area contributed by atoms with Crippen LogP contribution in [0.4, 0.5) is 5.69 Å². The molecule has 2 fully saturated rings. The maximum Gasteiger partial charge on any atom is 0.242 e. The third kappa shape index (κ3) is 4.65. The minimum atomic E-state index is -0.265. The first kappa shape index (κ1) is 20.2. The molecular formula is C24H29N5O2. The first-order chi connectivity index (χ1) is 15.3. The van der Waals surface area contributed by atoms with Gasteiger partial charge in [0, 0.05) is 55.0 Å². The molecule has 0 radical (unpaired) electrons. The van der Waals surface area contributed by atoms with Gasteiger partial charge in [-0.3, -0.25) is 9.69 Å². The molecule has 3 aromatic rings. The SMILES string of the molecule is O=C(Nc1ccc2c(ccn2CCN2CCOCC2)c1)C1CC(c2ccccc2)NN1. The van der Waals surface area contributed by atoms with Crippen molar-refractivity contribution in [2.24, 2.45) is 0 Å². The summed E-state index contributed by atoms with van der Waals surface area (Å²) in [6.07, 6.45) is 2.85. The van der Waals surface area contributed by atoms with Crippen molar-refractivity contribution in [1.82, 2.24) is 20.3 Å². The van der Waals surface area contributed by atoms with Crippen molar-refractivity contribution in [3.05, 3.63) is 66.4 Å². The molecule has 1 amide bonds. The van der Waals surface area contributed by atoms with Gasteiger partial charge in [-0.15, -0.1) is 0 Å². The van der Waals surface area contributed by atoms with Crippen LogP contribution in [0, 0.1) is 0 Å². The van der Waals surface area contributed by atoms with Crippen molar-refractivity contribution >= 4 is 22.5 Å². The van der Waals surface area contributed by atoms with Gasteiger partial charge in [0.15, 0.2) is 0 Å².